The van der Waals surface area contributed by atoms with E-state index in [1.807, 2.05) is 25.1 Å². The Bertz CT molecular complexity index is 419. The van der Waals surface area contributed by atoms with Crippen LogP contribution in [0.25, 0.3) is 0 Å². The number of hydrogen-bond acceptors (Lipinski definition) is 4. The van der Waals surface area contributed by atoms with Crippen molar-refractivity contribution in [1.82, 2.24) is 6.15 Å². The van der Waals surface area contributed by atoms with Crippen LogP contribution >= 0.6 is 0 Å². The van der Waals surface area contributed by atoms with Gasteiger partial charge in [-0.3, -0.25) is 4.18 Å². The van der Waals surface area contributed by atoms with Gasteiger partial charge < -0.3 is 10.7 Å². The average molecular weight is 275 g/mol. The molecule has 1 atom stereocenters. The summed E-state index contributed by atoms with van der Waals surface area (Å²) < 4.78 is 34.8. The molecule has 1 unspecified atom stereocenters. The van der Waals surface area contributed by atoms with Crippen molar-refractivity contribution in [2.45, 2.75) is 26.2 Å². The number of quaternary nitrogens is 1. The van der Waals surface area contributed by atoms with E-state index in [9.17, 15) is 13.0 Å². The van der Waals surface area contributed by atoms with E-state index in [1.165, 1.54) is 5.56 Å². The van der Waals surface area contributed by atoms with Gasteiger partial charge in [0, 0.05) is 0 Å². The van der Waals surface area contributed by atoms with E-state index in [-0.39, 0.29) is 12.8 Å². The molecule has 1 aromatic rings. The fraction of sp³-hybridized carbons (Fsp3) is 0.500. The van der Waals surface area contributed by atoms with Crippen molar-refractivity contribution in [1.29, 1.82) is 0 Å². The normalized spacial score (nSPS) is 12.8. The lowest BCUT2D eigenvalue weighted by Crippen LogP contribution is -2.08. The van der Waals surface area contributed by atoms with Gasteiger partial charge in [0.1, 0.15) is 0 Å². The molecule has 0 saturated carbocycles. The summed E-state index contributed by atoms with van der Waals surface area (Å²) in [6, 6.07) is 10.1. The molecule has 6 heteroatoms. The fourth-order valence-corrected chi connectivity index (χ4v) is 1.85. The molecule has 0 fully saturated rings. The summed E-state index contributed by atoms with van der Waals surface area (Å²) in [5.74, 6) is 0.331. The van der Waals surface area contributed by atoms with Crippen LogP contribution in [0.4, 0.5) is 0 Å². The average Bonchev–Trinajstić information content (AvgIpc) is 2.26. The van der Waals surface area contributed by atoms with E-state index < -0.39 is 10.4 Å². The van der Waals surface area contributed by atoms with Crippen molar-refractivity contribution < 1.29 is 17.2 Å². The van der Waals surface area contributed by atoms with Crippen LogP contribution in [0.1, 0.15) is 25.3 Å². The first-order chi connectivity index (χ1) is 7.97. The summed E-state index contributed by atoms with van der Waals surface area (Å²) in [6.07, 6.45) is 2.48. The Morgan fingerprint density at radius 2 is 1.83 bits per heavy atom. The zero-order chi connectivity index (χ0) is 12.7. The summed E-state index contributed by atoms with van der Waals surface area (Å²) in [5, 5.41) is 0. The quantitative estimate of drug-likeness (QED) is 0.609. The van der Waals surface area contributed by atoms with Gasteiger partial charge in [0.2, 0.25) is 10.4 Å². The Labute approximate surface area is 109 Å². The van der Waals surface area contributed by atoms with Gasteiger partial charge in [-0.1, -0.05) is 37.3 Å². The molecule has 0 aliphatic rings. The molecule has 0 aliphatic carbocycles. The van der Waals surface area contributed by atoms with Crippen LogP contribution in [0, 0.1) is 5.92 Å². The lowest BCUT2D eigenvalue weighted by molar-refractivity contribution is 0.241. The molecule has 1 rings (SSSR count). The van der Waals surface area contributed by atoms with E-state index in [0.717, 1.165) is 12.8 Å². The molecule has 0 heterocycles. The van der Waals surface area contributed by atoms with E-state index >= 15 is 0 Å². The molecule has 0 bridgehead atoms. The van der Waals surface area contributed by atoms with E-state index in [1.54, 1.807) is 0 Å². The van der Waals surface area contributed by atoms with Crippen molar-refractivity contribution >= 4 is 10.4 Å². The Hall–Kier alpha value is -0.950. The first-order valence-corrected chi connectivity index (χ1v) is 6.95. The van der Waals surface area contributed by atoms with Gasteiger partial charge in [-0.05, 0) is 30.7 Å². The van der Waals surface area contributed by atoms with E-state index in [0.29, 0.717) is 12.3 Å². The molecule has 104 valence electrons. The van der Waals surface area contributed by atoms with Crippen molar-refractivity contribution in [2.75, 3.05) is 6.61 Å². The van der Waals surface area contributed by atoms with Gasteiger partial charge in [-0.25, -0.2) is 8.42 Å². The highest BCUT2D eigenvalue weighted by Crippen LogP contribution is 2.13. The highest BCUT2D eigenvalue weighted by Gasteiger charge is 2.04. The number of benzene rings is 1. The van der Waals surface area contributed by atoms with Crippen molar-refractivity contribution in [2.24, 2.45) is 5.92 Å². The van der Waals surface area contributed by atoms with Crippen LogP contribution in [-0.4, -0.2) is 19.6 Å². The molecule has 0 aliphatic heterocycles. The van der Waals surface area contributed by atoms with Gasteiger partial charge in [0.05, 0.1) is 6.61 Å². The molecule has 0 saturated heterocycles. The lowest BCUT2D eigenvalue weighted by atomic mass is 9.99. The third-order valence-electron chi connectivity index (χ3n) is 2.61. The predicted octanol–water partition coefficient (Wildman–Crippen LogP) is 2.50. The molecular weight excluding hydrogens is 254 g/mol. The molecule has 0 spiro atoms. The highest BCUT2D eigenvalue weighted by atomic mass is 32.3. The zero-order valence-corrected chi connectivity index (χ0v) is 11.7. The van der Waals surface area contributed by atoms with Gasteiger partial charge in [0.25, 0.3) is 0 Å². The summed E-state index contributed by atoms with van der Waals surface area (Å²) in [4.78, 5) is 0. The minimum absolute atomic E-state index is 0. The topological polar surface area (TPSA) is 103 Å². The molecule has 4 N–H and O–H groups in total. The van der Waals surface area contributed by atoms with Crippen molar-refractivity contribution in [3.63, 3.8) is 0 Å². The number of hydrogen-bond donors (Lipinski definition) is 1. The van der Waals surface area contributed by atoms with Crippen LogP contribution in [0.2, 0.25) is 0 Å². The maximum atomic E-state index is 10.2. The molecular formula is C12H21NO4S. The molecule has 18 heavy (non-hydrogen) atoms. The summed E-state index contributed by atoms with van der Waals surface area (Å²) in [7, 11) is -4.54. The highest BCUT2D eigenvalue weighted by molar-refractivity contribution is 7.80. The van der Waals surface area contributed by atoms with Crippen molar-refractivity contribution in [3.8, 4) is 0 Å². The van der Waals surface area contributed by atoms with Crippen LogP contribution in [0.15, 0.2) is 30.3 Å². The van der Waals surface area contributed by atoms with Gasteiger partial charge in [-0.2, -0.15) is 0 Å². The fourth-order valence-electron chi connectivity index (χ4n) is 1.55. The lowest BCUT2D eigenvalue weighted by Gasteiger charge is -2.12. The minimum atomic E-state index is -4.54. The monoisotopic (exact) mass is 275 g/mol. The first kappa shape index (κ1) is 17.1. The van der Waals surface area contributed by atoms with Crippen LogP contribution in [0.3, 0.4) is 0 Å². The standard InChI is InChI=1S/C12H18O4S.H3N/c1-11(9-10-16-17(13,14)15)7-8-12-5-3-2-4-6-12;/h2-6,11H,7-10H2,1H3,(H,13,14,15);1H3. The zero-order valence-electron chi connectivity index (χ0n) is 10.8. The smallest absolute Gasteiger partial charge is 0.217 e. The molecule has 0 amide bonds. The van der Waals surface area contributed by atoms with E-state index in [2.05, 4.69) is 16.3 Å². The molecule has 5 nitrogen and oxygen atoms in total. The second-order valence-electron chi connectivity index (χ2n) is 4.15. The summed E-state index contributed by atoms with van der Waals surface area (Å²) in [5.41, 5.74) is 1.26. The number of aryl methyl sites for hydroxylation is 1. The maximum absolute atomic E-state index is 10.2. The van der Waals surface area contributed by atoms with Gasteiger partial charge in [-0.15, -0.1) is 0 Å². The Morgan fingerprint density at radius 1 is 1.22 bits per heavy atom. The van der Waals surface area contributed by atoms with Crippen LogP contribution in [0.5, 0.6) is 0 Å². The molecule has 0 aromatic heterocycles. The minimum Gasteiger partial charge on any atom is -0.726 e. The van der Waals surface area contributed by atoms with Crippen molar-refractivity contribution in [3.05, 3.63) is 35.9 Å². The second-order valence-corrected chi connectivity index (χ2v) is 5.20. The van der Waals surface area contributed by atoms with Crippen LogP contribution in [-0.2, 0) is 21.0 Å². The first-order valence-electron chi connectivity index (χ1n) is 5.61. The third-order valence-corrected chi connectivity index (χ3v) is 3.06. The molecule has 1 aromatic carbocycles. The SMILES string of the molecule is CC(CCOS(=O)(=O)[O-])CCc1ccccc1.[NH4+]. The van der Waals surface area contributed by atoms with Gasteiger partial charge in [0.15, 0.2) is 0 Å². The van der Waals surface area contributed by atoms with Gasteiger partial charge >= 0.3 is 0 Å². The number of rotatable bonds is 7. The Kier molecular flexibility index (Phi) is 7.77. The Balaban J connectivity index is 0.00000289. The third kappa shape index (κ3) is 8.19. The van der Waals surface area contributed by atoms with Crippen LogP contribution < -0.4 is 6.15 Å². The maximum Gasteiger partial charge on any atom is 0.217 e. The predicted molar refractivity (Wildman–Crippen MR) is 70.2 cm³/mol. The Morgan fingerprint density at radius 3 is 2.39 bits per heavy atom. The van der Waals surface area contributed by atoms with E-state index in [4.69, 9.17) is 0 Å². The summed E-state index contributed by atoms with van der Waals surface area (Å²) in [6.45, 7) is 1.99. The second kappa shape index (κ2) is 8.20. The molecule has 0 radical (unpaired) electrons. The largest absolute Gasteiger partial charge is 0.726 e. The summed E-state index contributed by atoms with van der Waals surface area (Å²) >= 11 is 0.